The number of aromatic nitrogens is 2. The van der Waals surface area contributed by atoms with Crippen molar-refractivity contribution in [3.05, 3.63) is 18.2 Å². The first-order valence-electron chi connectivity index (χ1n) is 8.55. The maximum Gasteiger partial charge on any atom is 0.108 e. The van der Waals surface area contributed by atoms with E-state index in [1.807, 2.05) is 6.20 Å². The standard InChI is InChI=1S/C17H31N3/c1-4-7-14-9-10-15(18-6-3)16(13-14)20-12-11-19-17(20)8-5-2/h11-12,14-16,18H,4-10,13H2,1-3H3. The van der Waals surface area contributed by atoms with E-state index in [2.05, 4.69) is 41.8 Å². The fraction of sp³-hybridized carbons (Fsp3) is 0.824. The topological polar surface area (TPSA) is 29.9 Å². The molecule has 3 heteroatoms. The monoisotopic (exact) mass is 277 g/mol. The Bertz CT molecular complexity index is 385. The Morgan fingerprint density at radius 3 is 2.80 bits per heavy atom. The SMILES string of the molecule is CCCc1nccn1C1CC(CCC)CCC1NCC. The predicted molar refractivity (Wildman–Crippen MR) is 85.0 cm³/mol. The van der Waals surface area contributed by atoms with Gasteiger partial charge in [-0.2, -0.15) is 0 Å². The molecular formula is C17H31N3. The number of imidazole rings is 1. The van der Waals surface area contributed by atoms with Gasteiger partial charge in [-0.25, -0.2) is 4.98 Å². The Morgan fingerprint density at radius 2 is 2.10 bits per heavy atom. The largest absolute Gasteiger partial charge is 0.330 e. The fourth-order valence-corrected chi connectivity index (χ4v) is 3.77. The normalized spacial score (nSPS) is 26.9. The number of nitrogens with one attached hydrogen (secondary N) is 1. The van der Waals surface area contributed by atoms with Crippen molar-refractivity contribution in [3.63, 3.8) is 0 Å². The van der Waals surface area contributed by atoms with Gasteiger partial charge in [0.05, 0.1) is 6.04 Å². The molecule has 0 spiro atoms. The zero-order valence-electron chi connectivity index (χ0n) is 13.4. The molecule has 0 radical (unpaired) electrons. The number of nitrogens with zero attached hydrogens (tertiary/aromatic N) is 2. The van der Waals surface area contributed by atoms with E-state index in [4.69, 9.17) is 0 Å². The summed E-state index contributed by atoms with van der Waals surface area (Å²) in [6.07, 6.45) is 13.2. The molecule has 1 aliphatic rings. The molecule has 0 saturated heterocycles. The highest BCUT2D eigenvalue weighted by Crippen LogP contribution is 2.36. The van der Waals surface area contributed by atoms with E-state index >= 15 is 0 Å². The molecule has 114 valence electrons. The van der Waals surface area contributed by atoms with Gasteiger partial charge in [-0.15, -0.1) is 0 Å². The summed E-state index contributed by atoms with van der Waals surface area (Å²) in [7, 11) is 0. The fourth-order valence-electron chi connectivity index (χ4n) is 3.77. The predicted octanol–water partition coefficient (Wildman–Crippen LogP) is 3.96. The molecule has 0 bridgehead atoms. The van der Waals surface area contributed by atoms with Gasteiger partial charge in [-0.1, -0.05) is 33.6 Å². The summed E-state index contributed by atoms with van der Waals surface area (Å²) in [5, 5.41) is 3.71. The Morgan fingerprint density at radius 1 is 1.25 bits per heavy atom. The Hall–Kier alpha value is -0.830. The maximum atomic E-state index is 4.58. The van der Waals surface area contributed by atoms with Crippen molar-refractivity contribution in [1.29, 1.82) is 0 Å². The van der Waals surface area contributed by atoms with Gasteiger partial charge in [0, 0.05) is 24.9 Å². The molecule has 0 aliphatic heterocycles. The minimum absolute atomic E-state index is 0.601. The van der Waals surface area contributed by atoms with E-state index in [0.29, 0.717) is 12.1 Å². The summed E-state index contributed by atoms with van der Waals surface area (Å²) < 4.78 is 2.47. The molecular weight excluding hydrogens is 246 g/mol. The average molecular weight is 277 g/mol. The van der Waals surface area contributed by atoms with Gasteiger partial charge in [-0.05, 0) is 38.1 Å². The number of hydrogen-bond acceptors (Lipinski definition) is 2. The molecule has 2 rings (SSSR count). The summed E-state index contributed by atoms with van der Waals surface area (Å²) in [6, 6.07) is 1.22. The van der Waals surface area contributed by atoms with Crippen molar-refractivity contribution in [3.8, 4) is 0 Å². The molecule has 1 aromatic heterocycles. The highest BCUT2D eigenvalue weighted by atomic mass is 15.1. The molecule has 20 heavy (non-hydrogen) atoms. The Balaban J connectivity index is 2.15. The lowest BCUT2D eigenvalue weighted by Crippen LogP contribution is -2.42. The van der Waals surface area contributed by atoms with Crippen LogP contribution < -0.4 is 5.32 Å². The third-order valence-electron chi connectivity index (χ3n) is 4.67. The third kappa shape index (κ3) is 3.63. The smallest absolute Gasteiger partial charge is 0.108 e. The molecule has 1 aliphatic carbocycles. The van der Waals surface area contributed by atoms with Crippen molar-refractivity contribution in [1.82, 2.24) is 14.9 Å². The summed E-state index contributed by atoms with van der Waals surface area (Å²) in [5.74, 6) is 2.18. The molecule has 1 heterocycles. The molecule has 3 unspecified atom stereocenters. The van der Waals surface area contributed by atoms with Crippen LogP contribution in [0.2, 0.25) is 0 Å². The van der Waals surface area contributed by atoms with E-state index < -0.39 is 0 Å². The third-order valence-corrected chi connectivity index (χ3v) is 4.67. The lowest BCUT2D eigenvalue weighted by molar-refractivity contribution is 0.196. The van der Waals surface area contributed by atoms with Crippen LogP contribution in [0.15, 0.2) is 12.4 Å². The number of aryl methyl sites for hydroxylation is 1. The lowest BCUT2D eigenvalue weighted by Gasteiger charge is -2.38. The van der Waals surface area contributed by atoms with Gasteiger partial charge in [0.1, 0.15) is 5.82 Å². The van der Waals surface area contributed by atoms with Crippen molar-refractivity contribution in [2.45, 2.75) is 77.8 Å². The zero-order valence-corrected chi connectivity index (χ0v) is 13.4. The summed E-state index contributed by atoms with van der Waals surface area (Å²) in [4.78, 5) is 4.58. The van der Waals surface area contributed by atoms with Crippen LogP contribution in [0.3, 0.4) is 0 Å². The van der Waals surface area contributed by atoms with Gasteiger partial charge in [0.25, 0.3) is 0 Å². The molecule has 3 nitrogen and oxygen atoms in total. The highest BCUT2D eigenvalue weighted by molar-refractivity contribution is 5.00. The first-order chi connectivity index (χ1) is 9.80. The van der Waals surface area contributed by atoms with E-state index in [1.165, 1.54) is 44.3 Å². The number of hydrogen-bond donors (Lipinski definition) is 1. The second kappa shape index (κ2) is 7.82. The second-order valence-electron chi connectivity index (χ2n) is 6.20. The van der Waals surface area contributed by atoms with Crippen molar-refractivity contribution < 1.29 is 0 Å². The maximum absolute atomic E-state index is 4.58. The van der Waals surface area contributed by atoms with Crippen molar-refractivity contribution in [2.75, 3.05) is 6.54 Å². The zero-order chi connectivity index (χ0) is 14.4. The van der Waals surface area contributed by atoms with Gasteiger partial charge in [-0.3, -0.25) is 0 Å². The van der Waals surface area contributed by atoms with Gasteiger partial charge >= 0.3 is 0 Å². The summed E-state index contributed by atoms with van der Waals surface area (Å²) in [5.41, 5.74) is 0. The van der Waals surface area contributed by atoms with Crippen LogP contribution in [0.1, 0.15) is 71.2 Å². The van der Waals surface area contributed by atoms with Crippen LogP contribution in [0.5, 0.6) is 0 Å². The molecule has 1 saturated carbocycles. The minimum atomic E-state index is 0.601. The summed E-state index contributed by atoms with van der Waals surface area (Å²) >= 11 is 0. The highest BCUT2D eigenvalue weighted by Gasteiger charge is 2.31. The molecule has 0 amide bonds. The molecule has 1 fully saturated rings. The number of likely N-dealkylation sites (N-methyl/N-ethyl adjacent to an activating group) is 1. The Kier molecular flexibility index (Phi) is 6.08. The molecule has 1 N–H and O–H groups in total. The van der Waals surface area contributed by atoms with Gasteiger partial charge < -0.3 is 9.88 Å². The molecule has 3 atom stereocenters. The Labute approximate surface area is 124 Å². The van der Waals surface area contributed by atoms with Gasteiger partial charge in [0.15, 0.2) is 0 Å². The average Bonchev–Trinajstić information content (AvgIpc) is 2.90. The molecule has 1 aromatic rings. The first kappa shape index (κ1) is 15.6. The lowest BCUT2D eigenvalue weighted by atomic mass is 9.80. The van der Waals surface area contributed by atoms with Gasteiger partial charge in [0.2, 0.25) is 0 Å². The first-order valence-corrected chi connectivity index (χ1v) is 8.55. The van der Waals surface area contributed by atoms with E-state index in [-0.39, 0.29) is 0 Å². The van der Waals surface area contributed by atoms with Crippen molar-refractivity contribution in [2.24, 2.45) is 5.92 Å². The van der Waals surface area contributed by atoms with Crippen LogP contribution in [0, 0.1) is 5.92 Å². The minimum Gasteiger partial charge on any atom is -0.330 e. The number of rotatable bonds is 7. The van der Waals surface area contributed by atoms with Crippen LogP contribution in [-0.2, 0) is 6.42 Å². The van der Waals surface area contributed by atoms with Crippen LogP contribution in [0.25, 0.3) is 0 Å². The van der Waals surface area contributed by atoms with E-state index in [1.54, 1.807) is 0 Å². The van der Waals surface area contributed by atoms with Crippen LogP contribution in [-0.4, -0.2) is 22.1 Å². The van der Waals surface area contributed by atoms with Crippen molar-refractivity contribution >= 4 is 0 Å². The van der Waals surface area contributed by atoms with E-state index in [9.17, 15) is 0 Å². The second-order valence-corrected chi connectivity index (χ2v) is 6.20. The quantitative estimate of drug-likeness (QED) is 0.817. The van der Waals surface area contributed by atoms with E-state index in [0.717, 1.165) is 18.9 Å². The summed E-state index contributed by atoms with van der Waals surface area (Å²) in [6.45, 7) is 7.83. The van der Waals surface area contributed by atoms with Crippen LogP contribution >= 0.6 is 0 Å². The van der Waals surface area contributed by atoms with Crippen LogP contribution in [0.4, 0.5) is 0 Å². The molecule has 0 aromatic carbocycles.